The van der Waals surface area contributed by atoms with E-state index in [9.17, 15) is 4.79 Å². The van der Waals surface area contributed by atoms with Gasteiger partial charge in [-0.2, -0.15) is 0 Å². The van der Waals surface area contributed by atoms with Gasteiger partial charge in [-0.25, -0.2) is 0 Å². The average molecular weight is 367 g/mol. The first-order chi connectivity index (χ1) is 12.5. The topological polar surface area (TPSA) is 63.9 Å². The van der Waals surface area contributed by atoms with E-state index in [1.165, 1.54) is 22.9 Å². The number of hydrogen-bond acceptors (Lipinski definition) is 5. The molecule has 2 aromatic heterocycles. The highest BCUT2D eigenvalue weighted by molar-refractivity contribution is 7.99. The maximum absolute atomic E-state index is 12.0. The largest absolute Gasteiger partial charge is 0.348 e. The van der Waals surface area contributed by atoms with Crippen LogP contribution in [0, 0.1) is 13.8 Å². The maximum Gasteiger partial charge on any atom is 0.232 e. The summed E-state index contributed by atoms with van der Waals surface area (Å²) in [6.45, 7) is 4.16. The molecule has 0 bridgehead atoms. The van der Waals surface area contributed by atoms with Gasteiger partial charge in [0.25, 0.3) is 0 Å². The van der Waals surface area contributed by atoms with Gasteiger partial charge < -0.3 is 4.90 Å². The van der Waals surface area contributed by atoms with Gasteiger partial charge in [-0.3, -0.25) is 14.3 Å². The van der Waals surface area contributed by atoms with Crippen molar-refractivity contribution < 1.29 is 4.79 Å². The van der Waals surface area contributed by atoms with Gasteiger partial charge in [-0.1, -0.05) is 17.8 Å². The Morgan fingerprint density at radius 1 is 1.08 bits per heavy atom. The van der Waals surface area contributed by atoms with E-state index < -0.39 is 0 Å². The lowest BCUT2D eigenvalue weighted by Gasteiger charge is -2.13. The van der Waals surface area contributed by atoms with Crippen LogP contribution in [0.5, 0.6) is 0 Å². The third kappa shape index (κ3) is 3.77. The zero-order chi connectivity index (χ0) is 18.7. The van der Waals surface area contributed by atoms with Gasteiger partial charge in [0.15, 0.2) is 11.0 Å². The summed E-state index contributed by atoms with van der Waals surface area (Å²) in [6, 6.07) is 10.1. The van der Waals surface area contributed by atoms with E-state index >= 15 is 0 Å². The second kappa shape index (κ2) is 7.70. The third-order valence-electron chi connectivity index (χ3n) is 4.14. The highest BCUT2D eigenvalue weighted by Gasteiger charge is 2.18. The van der Waals surface area contributed by atoms with Crippen molar-refractivity contribution in [2.45, 2.75) is 19.0 Å². The average Bonchev–Trinajstić information content (AvgIpc) is 3.06. The van der Waals surface area contributed by atoms with E-state index in [4.69, 9.17) is 0 Å². The molecule has 0 aliphatic carbocycles. The number of thioether (sulfide) groups is 1. The van der Waals surface area contributed by atoms with Crippen LogP contribution in [0.15, 0.2) is 47.9 Å². The molecule has 3 rings (SSSR count). The van der Waals surface area contributed by atoms with Crippen LogP contribution < -0.4 is 0 Å². The fourth-order valence-electron chi connectivity index (χ4n) is 2.40. The Hall–Kier alpha value is -2.67. The van der Waals surface area contributed by atoms with Gasteiger partial charge in [0.2, 0.25) is 5.91 Å². The minimum absolute atomic E-state index is 0.0371. The first-order valence-corrected chi connectivity index (χ1v) is 9.22. The van der Waals surface area contributed by atoms with Crippen molar-refractivity contribution in [3.05, 3.63) is 53.9 Å². The Bertz CT molecular complexity index is 921. The van der Waals surface area contributed by atoms with Crippen LogP contribution in [0.1, 0.15) is 11.1 Å². The van der Waals surface area contributed by atoms with Crippen LogP contribution in [0.4, 0.5) is 0 Å². The van der Waals surface area contributed by atoms with E-state index in [1.807, 2.05) is 22.8 Å². The predicted octanol–water partition coefficient (Wildman–Crippen LogP) is 3.13. The number of carbonyl (C=O) groups excluding carboxylic acids is 1. The molecule has 134 valence electrons. The third-order valence-corrected chi connectivity index (χ3v) is 5.06. The number of carbonyl (C=O) groups is 1. The summed E-state index contributed by atoms with van der Waals surface area (Å²) in [5.74, 6) is 1.08. The van der Waals surface area contributed by atoms with Crippen LogP contribution >= 0.6 is 11.8 Å². The number of amides is 1. The standard InChI is InChI=1S/C19H21N5OS/c1-13-5-6-16(11-14(13)2)24-18(15-7-9-20-10-8-15)21-22-19(24)26-12-17(25)23(3)4/h5-11H,12H2,1-4H3. The molecule has 1 amide bonds. The molecule has 1 aromatic carbocycles. The van der Waals surface area contributed by atoms with Crippen LogP contribution in [0.2, 0.25) is 0 Å². The number of rotatable bonds is 5. The molecule has 0 saturated heterocycles. The van der Waals surface area contributed by atoms with Gasteiger partial charge in [-0.15, -0.1) is 10.2 Å². The van der Waals surface area contributed by atoms with Crippen LogP contribution in [-0.4, -0.2) is 50.4 Å². The molecule has 26 heavy (non-hydrogen) atoms. The molecule has 0 saturated carbocycles. The molecule has 0 aliphatic heterocycles. The first kappa shape index (κ1) is 18.1. The van der Waals surface area contributed by atoms with Crippen molar-refractivity contribution >= 4 is 17.7 Å². The lowest BCUT2D eigenvalue weighted by molar-refractivity contribution is -0.125. The molecule has 0 radical (unpaired) electrons. The summed E-state index contributed by atoms with van der Waals surface area (Å²) in [6.07, 6.45) is 3.47. The fourth-order valence-corrected chi connectivity index (χ4v) is 3.33. The quantitative estimate of drug-likeness (QED) is 0.648. The van der Waals surface area contributed by atoms with E-state index in [1.54, 1.807) is 31.4 Å². The Balaban J connectivity index is 2.06. The van der Waals surface area contributed by atoms with Crippen molar-refractivity contribution in [1.29, 1.82) is 0 Å². The summed E-state index contributed by atoms with van der Waals surface area (Å²) in [7, 11) is 3.50. The smallest absolute Gasteiger partial charge is 0.232 e. The Labute approximate surface area is 157 Å². The molecule has 7 heteroatoms. The van der Waals surface area contributed by atoms with Crippen molar-refractivity contribution in [2.24, 2.45) is 0 Å². The minimum Gasteiger partial charge on any atom is -0.348 e. The Kier molecular flexibility index (Phi) is 5.37. The number of pyridine rings is 1. The van der Waals surface area contributed by atoms with Crippen molar-refractivity contribution in [2.75, 3.05) is 19.8 Å². The molecular weight excluding hydrogens is 346 g/mol. The Morgan fingerprint density at radius 3 is 2.46 bits per heavy atom. The van der Waals surface area contributed by atoms with E-state index in [0.717, 1.165) is 17.1 Å². The molecule has 0 unspecified atom stereocenters. The second-order valence-electron chi connectivity index (χ2n) is 6.22. The monoisotopic (exact) mass is 367 g/mol. The first-order valence-electron chi connectivity index (χ1n) is 8.23. The molecule has 0 aliphatic rings. The summed E-state index contributed by atoms with van der Waals surface area (Å²) >= 11 is 1.39. The summed E-state index contributed by atoms with van der Waals surface area (Å²) < 4.78 is 2.00. The molecule has 0 spiro atoms. The molecule has 0 N–H and O–H groups in total. The summed E-state index contributed by atoms with van der Waals surface area (Å²) in [5, 5.41) is 9.40. The number of aryl methyl sites for hydroxylation is 2. The van der Waals surface area contributed by atoms with Gasteiger partial charge >= 0.3 is 0 Å². The van der Waals surface area contributed by atoms with Crippen LogP contribution in [0.25, 0.3) is 17.1 Å². The lowest BCUT2D eigenvalue weighted by atomic mass is 10.1. The van der Waals surface area contributed by atoms with E-state index in [-0.39, 0.29) is 5.91 Å². The van der Waals surface area contributed by atoms with Crippen molar-refractivity contribution in [1.82, 2.24) is 24.6 Å². The second-order valence-corrected chi connectivity index (χ2v) is 7.17. The number of hydrogen-bond donors (Lipinski definition) is 0. The normalized spacial score (nSPS) is 10.8. The van der Waals surface area contributed by atoms with Crippen molar-refractivity contribution in [3.63, 3.8) is 0 Å². The molecule has 3 aromatic rings. The zero-order valence-electron chi connectivity index (χ0n) is 15.3. The number of nitrogens with zero attached hydrogens (tertiary/aromatic N) is 5. The van der Waals surface area contributed by atoms with Crippen LogP contribution in [0.3, 0.4) is 0 Å². The van der Waals surface area contributed by atoms with Gasteiger partial charge in [-0.05, 0) is 49.2 Å². The van der Waals surface area contributed by atoms with Gasteiger partial charge in [0.1, 0.15) is 0 Å². The molecule has 0 fully saturated rings. The molecular formula is C19H21N5OS. The van der Waals surface area contributed by atoms with Crippen LogP contribution in [-0.2, 0) is 4.79 Å². The molecule has 6 nitrogen and oxygen atoms in total. The van der Waals surface area contributed by atoms with Gasteiger partial charge in [0.05, 0.1) is 11.4 Å². The highest BCUT2D eigenvalue weighted by Crippen LogP contribution is 2.28. The van der Waals surface area contributed by atoms with Crippen molar-refractivity contribution in [3.8, 4) is 17.1 Å². The molecule has 0 atom stereocenters. The van der Waals surface area contributed by atoms with Gasteiger partial charge in [0, 0.05) is 32.1 Å². The summed E-state index contributed by atoms with van der Waals surface area (Å²) in [4.78, 5) is 17.6. The SMILES string of the molecule is Cc1ccc(-n2c(SCC(=O)N(C)C)nnc2-c2ccncc2)cc1C. The van der Waals surface area contributed by atoms with E-state index in [2.05, 4.69) is 41.2 Å². The summed E-state index contributed by atoms with van der Waals surface area (Å²) in [5.41, 5.74) is 4.32. The molecule has 2 heterocycles. The Morgan fingerprint density at radius 2 is 1.81 bits per heavy atom. The lowest BCUT2D eigenvalue weighted by Crippen LogP contribution is -2.23. The fraction of sp³-hybridized carbons (Fsp3) is 0.263. The number of aromatic nitrogens is 4. The predicted molar refractivity (Wildman–Crippen MR) is 103 cm³/mol. The minimum atomic E-state index is 0.0371. The highest BCUT2D eigenvalue weighted by atomic mass is 32.2. The maximum atomic E-state index is 12.0. The van der Waals surface area contributed by atoms with E-state index in [0.29, 0.717) is 10.9 Å². The zero-order valence-corrected chi connectivity index (χ0v) is 16.1. The number of benzene rings is 1.